The Bertz CT molecular complexity index is 479. The molecule has 1 aliphatic carbocycles. The van der Waals surface area contributed by atoms with Gasteiger partial charge in [-0.15, -0.1) is 0 Å². The van der Waals surface area contributed by atoms with Crippen LogP contribution in [0.4, 0.5) is 0 Å². The Hall–Kier alpha value is -0.877. The average molecular weight is 375 g/mol. The Balaban J connectivity index is -0.000000346. The quantitative estimate of drug-likeness (QED) is 0.493. The van der Waals surface area contributed by atoms with Crippen molar-refractivity contribution in [2.45, 2.75) is 34.6 Å². The van der Waals surface area contributed by atoms with Crippen LogP contribution in [0.5, 0.6) is 0 Å². The van der Waals surface area contributed by atoms with Crippen molar-refractivity contribution in [3.63, 3.8) is 0 Å². The number of hydrogen-bond donors (Lipinski definition) is 0. The third-order valence-electron chi connectivity index (χ3n) is 3.68. The van der Waals surface area contributed by atoms with Crippen molar-refractivity contribution in [3.05, 3.63) is 91.1 Å². The molecule has 0 amide bonds. The summed E-state index contributed by atoms with van der Waals surface area (Å²) in [5.41, 5.74) is 13.6. The normalized spacial score (nSPS) is 16.8. The molecule has 0 fully saturated rings. The molecule has 2 heteroatoms. The van der Waals surface area contributed by atoms with Crippen LogP contribution in [0.3, 0.4) is 0 Å². The molecule has 0 aromatic heterocycles. The van der Waals surface area contributed by atoms with Gasteiger partial charge in [-0.3, -0.25) is 0 Å². The van der Waals surface area contributed by atoms with E-state index < -0.39 is 0 Å². The molecule has 0 saturated carbocycles. The molecule has 1 nitrogen and oxygen atoms in total. The first-order valence-electron chi connectivity index (χ1n) is 6.64. The largest absolute Gasteiger partial charge is 4.00 e. The third-order valence-corrected chi connectivity index (χ3v) is 3.68. The first kappa shape index (κ1) is 26.0. The molecule has 0 radical (unpaired) electrons. The van der Waals surface area contributed by atoms with Gasteiger partial charge in [-0.2, -0.15) is 42.1 Å². The van der Waals surface area contributed by atoms with Crippen molar-refractivity contribution in [1.29, 1.82) is 0 Å². The summed E-state index contributed by atoms with van der Waals surface area (Å²) < 4.78 is 0. The van der Waals surface area contributed by atoms with Gasteiger partial charge in [0.2, 0.25) is 0 Å². The van der Waals surface area contributed by atoms with Gasteiger partial charge in [0, 0.05) is 5.92 Å². The summed E-state index contributed by atoms with van der Waals surface area (Å²) in [6, 6.07) is 12.5. The summed E-state index contributed by atoms with van der Waals surface area (Å²) in [6.07, 6.45) is 1.99. The number of allylic oxidation sites excluding steroid dienone is 6. The SMILES string of the molecule is CC1=C(C)C(C)C(/C=C(\C)[NH-])=C1C.[CH3-].[CH3-].[Zr+4].[c-]1ccccc1. The molecule has 2 rings (SSSR count). The molecule has 1 aromatic rings. The maximum Gasteiger partial charge on any atom is 4.00 e. The molecule has 0 spiro atoms. The summed E-state index contributed by atoms with van der Waals surface area (Å²) in [7, 11) is 0. The van der Waals surface area contributed by atoms with Gasteiger partial charge in [0.15, 0.2) is 0 Å². The van der Waals surface area contributed by atoms with E-state index in [-0.39, 0.29) is 41.1 Å². The van der Waals surface area contributed by atoms with Gasteiger partial charge in [0.25, 0.3) is 0 Å². The monoisotopic (exact) mass is 373 g/mol. The molecule has 22 heavy (non-hydrogen) atoms. The van der Waals surface area contributed by atoms with Crippen LogP contribution in [0.1, 0.15) is 34.6 Å². The number of nitrogens with one attached hydrogen (secondary N) is 1. The molecule has 0 heterocycles. The summed E-state index contributed by atoms with van der Waals surface area (Å²) in [6.45, 7) is 10.5. The molecule has 118 valence electrons. The first-order chi connectivity index (χ1) is 8.95. The van der Waals surface area contributed by atoms with Gasteiger partial charge < -0.3 is 20.6 Å². The van der Waals surface area contributed by atoms with Crippen molar-refractivity contribution in [1.82, 2.24) is 0 Å². The van der Waals surface area contributed by atoms with Crippen molar-refractivity contribution in [2.75, 3.05) is 0 Å². The van der Waals surface area contributed by atoms with Crippen LogP contribution >= 0.6 is 0 Å². The minimum absolute atomic E-state index is 0. The second-order valence-electron chi connectivity index (χ2n) is 5.01. The van der Waals surface area contributed by atoms with Gasteiger partial charge in [0.05, 0.1) is 0 Å². The van der Waals surface area contributed by atoms with Crippen LogP contribution in [0.25, 0.3) is 5.73 Å². The Kier molecular flexibility index (Phi) is 15.0. The van der Waals surface area contributed by atoms with Crippen LogP contribution in [-0.2, 0) is 26.2 Å². The maximum atomic E-state index is 7.46. The summed E-state index contributed by atoms with van der Waals surface area (Å²) >= 11 is 0. The van der Waals surface area contributed by atoms with Gasteiger partial charge in [-0.25, -0.2) is 0 Å². The number of rotatable bonds is 1. The molecule has 0 saturated heterocycles. The van der Waals surface area contributed by atoms with Crippen LogP contribution < -0.4 is 0 Å². The molecule has 1 atom stereocenters. The van der Waals surface area contributed by atoms with Crippen LogP contribution in [0.2, 0.25) is 0 Å². The Morgan fingerprint density at radius 3 is 1.77 bits per heavy atom. The molecule has 0 aliphatic heterocycles. The van der Waals surface area contributed by atoms with Gasteiger partial charge in [-0.05, 0) is 37.5 Å². The molecule has 1 unspecified atom stereocenters. The van der Waals surface area contributed by atoms with E-state index in [9.17, 15) is 0 Å². The zero-order valence-corrected chi connectivity index (χ0v) is 17.5. The van der Waals surface area contributed by atoms with E-state index in [0.717, 1.165) is 0 Å². The van der Waals surface area contributed by atoms with Crippen LogP contribution in [-0.4, -0.2) is 0 Å². The third kappa shape index (κ3) is 7.41. The predicted molar refractivity (Wildman–Crippen MR) is 96.4 cm³/mol. The van der Waals surface area contributed by atoms with E-state index in [2.05, 4.69) is 33.8 Å². The zero-order chi connectivity index (χ0) is 14.4. The first-order valence-corrected chi connectivity index (χ1v) is 6.64. The minimum Gasteiger partial charge on any atom is -0.702 e. The van der Waals surface area contributed by atoms with Gasteiger partial charge in [0.1, 0.15) is 0 Å². The fraction of sp³-hybridized carbons (Fsp3) is 0.300. The van der Waals surface area contributed by atoms with E-state index in [1.807, 2.05) is 43.3 Å². The smallest absolute Gasteiger partial charge is 0.702 e. The molecular formula is C20H29NZr. The molecule has 1 N–H and O–H groups in total. The van der Waals surface area contributed by atoms with Gasteiger partial charge in [-0.1, -0.05) is 25.5 Å². The van der Waals surface area contributed by atoms with E-state index in [1.165, 1.54) is 22.3 Å². The zero-order valence-electron chi connectivity index (χ0n) is 15.0. The Labute approximate surface area is 157 Å². The van der Waals surface area contributed by atoms with E-state index in [0.29, 0.717) is 11.6 Å². The number of benzene rings is 1. The fourth-order valence-electron chi connectivity index (χ4n) is 2.20. The predicted octanol–water partition coefficient (Wildman–Crippen LogP) is 6.63. The standard InChI is InChI=1S/C12H18N.C6H5.2CH3.Zr/c1-7(13)6-12-10(4)8(2)9(3)11(12)5;1-2-4-6-5-3-1;;;/h6,10,13H,1-5H3;1-5H;2*1H3;/q4*-1;+4/b7-6+;;;;. The molecule has 1 aliphatic rings. The van der Waals surface area contributed by atoms with Crippen molar-refractivity contribution in [3.8, 4) is 0 Å². The molecule has 0 bridgehead atoms. The van der Waals surface area contributed by atoms with Gasteiger partial charge >= 0.3 is 26.2 Å². The Morgan fingerprint density at radius 1 is 1.05 bits per heavy atom. The summed E-state index contributed by atoms with van der Waals surface area (Å²) in [4.78, 5) is 0. The summed E-state index contributed by atoms with van der Waals surface area (Å²) in [5, 5.41) is 0. The minimum atomic E-state index is 0. The van der Waals surface area contributed by atoms with Crippen LogP contribution in [0.15, 0.2) is 64.4 Å². The topological polar surface area (TPSA) is 23.8 Å². The Morgan fingerprint density at radius 2 is 1.55 bits per heavy atom. The van der Waals surface area contributed by atoms with Crippen molar-refractivity contribution < 1.29 is 26.2 Å². The van der Waals surface area contributed by atoms with Crippen LogP contribution in [0, 0.1) is 26.8 Å². The van der Waals surface area contributed by atoms with E-state index in [4.69, 9.17) is 5.73 Å². The van der Waals surface area contributed by atoms with E-state index >= 15 is 0 Å². The fourth-order valence-corrected chi connectivity index (χ4v) is 2.20. The number of hydrogen-bond acceptors (Lipinski definition) is 0. The molecular weight excluding hydrogens is 345 g/mol. The average Bonchev–Trinajstić information content (AvgIpc) is 2.59. The van der Waals surface area contributed by atoms with Crippen molar-refractivity contribution in [2.24, 2.45) is 5.92 Å². The van der Waals surface area contributed by atoms with Crippen molar-refractivity contribution >= 4 is 0 Å². The second kappa shape index (κ2) is 12.6. The maximum absolute atomic E-state index is 7.46. The summed E-state index contributed by atoms with van der Waals surface area (Å²) in [5.74, 6) is 0.500. The molecule has 1 aromatic carbocycles. The van der Waals surface area contributed by atoms with E-state index in [1.54, 1.807) is 0 Å². The second-order valence-corrected chi connectivity index (χ2v) is 5.01.